The highest BCUT2D eigenvalue weighted by Crippen LogP contribution is 2.49. The Kier molecular flexibility index (Phi) is 12.5. The molecule has 3 aliphatic rings. The monoisotopic (exact) mass is 745 g/mol. The molecule has 288 valence electrons. The van der Waals surface area contributed by atoms with Crippen molar-refractivity contribution in [3.63, 3.8) is 0 Å². The highest BCUT2D eigenvalue weighted by molar-refractivity contribution is 6.35. The summed E-state index contributed by atoms with van der Waals surface area (Å²) < 4.78 is 23.6. The van der Waals surface area contributed by atoms with Gasteiger partial charge in [-0.2, -0.15) is 0 Å². The fraction of sp³-hybridized carbons (Fsp3) is 0.641. The maximum Gasteiger partial charge on any atom is 0.409 e. The van der Waals surface area contributed by atoms with E-state index < -0.39 is 65.5 Å². The first-order chi connectivity index (χ1) is 24.1. The predicted molar refractivity (Wildman–Crippen MR) is 198 cm³/mol. The number of ether oxygens (including phenoxy) is 4. The molecule has 3 aliphatic heterocycles. The lowest BCUT2D eigenvalue weighted by molar-refractivity contribution is -0.162. The summed E-state index contributed by atoms with van der Waals surface area (Å²) in [5.74, 6) is -1.86. The molecular weight excluding hydrogens is 690 g/mol. The zero-order valence-electron chi connectivity index (χ0n) is 32.4. The molecule has 3 heterocycles. The van der Waals surface area contributed by atoms with Gasteiger partial charge in [0, 0.05) is 38.8 Å². The van der Waals surface area contributed by atoms with Crippen molar-refractivity contribution in [2.45, 2.75) is 123 Å². The van der Waals surface area contributed by atoms with Crippen LogP contribution in [0, 0.1) is 17.3 Å². The Morgan fingerprint density at radius 2 is 1.90 bits per heavy atom. The van der Waals surface area contributed by atoms with E-state index in [1.165, 1.54) is 16.9 Å². The minimum atomic E-state index is -1.61. The zero-order chi connectivity index (χ0) is 38.9. The standard InChI is InChI=1S/C39H56ClN3O9/c1-22-13-12-14-23(2)39(48)21-29(50-36(47)41-39)24(3)34-38(8,52-34)30(51-35(46)25(4)42(9)31(44)15-16-37(5,6)7)20-32(45)43(10)27-18-26(17-22)19-28(49-11)33(27)40/h12-14,18-19,23-25,29-30,34,48H,15-17,20-21H2,1-11H3,(H,41,47)/b14-12+,22-13+/t23-,24-,25+,29+,30+,34+,38+,39+/m1/s1. The van der Waals surface area contributed by atoms with Crippen molar-refractivity contribution in [1.82, 2.24) is 10.2 Å². The first-order valence-corrected chi connectivity index (χ1v) is 18.3. The Hall–Kier alpha value is -3.61. The van der Waals surface area contributed by atoms with Gasteiger partial charge in [0.25, 0.3) is 0 Å². The number of aliphatic hydroxyl groups is 1. The van der Waals surface area contributed by atoms with Crippen molar-refractivity contribution < 1.29 is 43.2 Å². The molecule has 0 saturated carbocycles. The first kappa shape index (κ1) is 41.2. The summed E-state index contributed by atoms with van der Waals surface area (Å²) in [5.41, 5.74) is -0.610. The Labute approximate surface area is 312 Å². The number of halogens is 1. The van der Waals surface area contributed by atoms with Gasteiger partial charge in [-0.05, 0) is 56.7 Å². The van der Waals surface area contributed by atoms with Crippen LogP contribution < -0.4 is 15.0 Å². The van der Waals surface area contributed by atoms with Crippen LogP contribution in [0.2, 0.25) is 5.02 Å². The molecule has 2 saturated heterocycles. The van der Waals surface area contributed by atoms with Crippen LogP contribution in [0.4, 0.5) is 10.5 Å². The number of alkyl carbamates (subject to hydrolysis) is 1. The molecule has 12 nitrogen and oxygen atoms in total. The Bertz CT molecular complexity index is 1610. The summed E-state index contributed by atoms with van der Waals surface area (Å²) in [5, 5.41) is 14.5. The fourth-order valence-corrected chi connectivity index (χ4v) is 7.09. The molecule has 3 amide bonds. The summed E-state index contributed by atoms with van der Waals surface area (Å²) >= 11 is 6.76. The number of esters is 1. The summed E-state index contributed by atoms with van der Waals surface area (Å²) in [6, 6.07) is 2.69. The molecule has 0 spiro atoms. The minimum absolute atomic E-state index is 0.0629. The lowest BCUT2D eigenvalue weighted by Crippen LogP contribution is -2.60. The molecule has 0 unspecified atom stereocenters. The molecule has 0 radical (unpaired) electrons. The van der Waals surface area contributed by atoms with E-state index in [0.717, 1.165) is 11.1 Å². The number of nitrogens with one attached hydrogen (secondary N) is 1. The van der Waals surface area contributed by atoms with Crippen molar-refractivity contribution in [3.05, 3.63) is 46.5 Å². The van der Waals surface area contributed by atoms with E-state index in [1.54, 1.807) is 27.9 Å². The van der Waals surface area contributed by atoms with E-state index >= 15 is 0 Å². The second kappa shape index (κ2) is 15.8. The van der Waals surface area contributed by atoms with Gasteiger partial charge in [-0.1, -0.05) is 70.0 Å². The minimum Gasteiger partial charge on any atom is -0.495 e. The number of benzene rings is 1. The van der Waals surface area contributed by atoms with E-state index in [0.29, 0.717) is 24.3 Å². The van der Waals surface area contributed by atoms with Gasteiger partial charge in [0.1, 0.15) is 40.3 Å². The van der Waals surface area contributed by atoms with Crippen molar-refractivity contribution in [1.29, 1.82) is 0 Å². The predicted octanol–water partition coefficient (Wildman–Crippen LogP) is 5.96. The Balaban J connectivity index is 1.73. The van der Waals surface area contributed by atoms with Crippen molar-refractivity contribution in [2.75, 3.05) is 26.1 Å². The normalized spacial score (nSPS) is 31.9. The Morgan fingerprint density at radius 1 is 1.23 bits per heavy atom. The lowest BCUT2D eigenvalue weighted by atomic mass is 9.82. The van der Waals surface area contributed by atoms with Gasteiger partial charge in [0.15, 0.2) is 0 Å². The molecule has 2 N–H and O–H groups in total. The number of anilines is 1. The smallest absolute Gasteiger partial charge is 0.409 e. The van der Waals surface area contributed by atoms with Crippen LogP contribution in [0.5, 0.6) is 5.75 Å². The number of likely N-dealkylation sites (N-methyl/N-ethyl adjacent to an activating group) is 1. The number of amides is 3. The number of epoxide rings is 1. The summed E-state index contributed by atoms with van der Waals surface area (Å²) in [6.07, 6.45) is 3.55. The van der Waals surface area contributed by atoms with Crippen LogP contribution in [0.25, 0.3) is 0 Å². The second-order valence-electron chi connectivity index (χ2n) is 16.1. The van der Waals surface area contributed by atoms with E-state index in [4.69, 9.17) is 30.5 Å². The topological polar surface area (TPSA) is 147 Å². The number of hydrogen-bond donors (Lipinski definition) is 2. The van der Waals surface area contributed by atoms with Gasteiger partial charge in [-0.25, -0.2) is 9.59 Å². The van der Waals surface area contributed by atoms with Gasteiger partial charge in [0.2, 0.25) is 11.8 Å². The van der Waals surface area contributed by atoms with Gasteiger partial charge in [-0.15, -0.1) is 0 Å². The van der Waals surface area contributed by atoms with Crippen LogP contribution in [-0.2, 0) is 35.0 Å². The van der Waals surface area contributed by atoms with Crippen molar-refractivity contribution >= 4 is 41.2 Å². The highest BCUT2D eigenvalue weighted by atomic mass is 35.5. The summed E-state index contributed by atoms with van der Waals surface area (Å²) in [7, 11) is 4.66. The average Bonchev–Trinajstić information content (AvgIpc) is 3.76. The summed E-state index contributed by atoms with van der Waals surface area (Å²) in [4.78, 5) is 56.5. The summed E-state index contributed by atoms with van der Waals surface area (Å²) in [6.45, 7) is 15.1. The van der Waals surface area contributed by atoms with Crippen molar-refractivity contribution in [3.8, 4) is 5.75 Å². The number of hydrogen-bond acceptors (Lipinski definition) is 9. The molecule has 0 aromatic heterocycles. The van der Waals surface area contributed by atoms with E-state index in [1.807, 2.05) is 71.9 Å². The number of rotatable bonds is 6. The number of nitrogens with zero attached hydrogens (tertiary/aromatic N) is 2. The zero-order valence-corrected chi connectivity index (χ0v) is 33.1. The van der Waals surface area contributed by atoms with E-state index in [2.05, 4.69) is 5.32 Å². The average molecular weight is 746 g/mol. The lowest BCUT2D eigenvalue weighted by Gasteiger charge is -2.41. The molecule has 2 fully saturated rings. The second-order valence-corrected chi connectivity index (χ2v) is 16.5. The molecule has 8 atom stereocenters. The first-order valence-electron chi connectivity index (χ1n) is 17.9. The van der Waals surface area contributed by atoms with Gasteiger partial charge >= 0.3 is 12.1 Å². The molecule has 1 aromatic carbocycles. The van der Waals surface area contributed by atoms with Gasteiger partial charge in [0.05, 0.1) is 25.3 Å². The maximum atomic E-state index is 14.1. The quantitative estimate of drug-likeness (QED) is 0.266. The molecule has 4 rings (SSSR count). The number of carbonyl (C=O) groups excluding carboxylic acids is 4. The fourth-order valence-electron chi connectivity index (χ4n) is 6.78. The van der Waals surface area contributed by atoms with Crippen LogP contribution in [-0.4, -0.2) is 90.8 Å². The van der Waals surface area contributed by atoms with Crippen LogP contribution >= 0.6 is 11.6 Å². The van der Waals surface area contributed by atoms with Crippen LogP contribution in [0.1, 0.15) is 86.6 Å². The number of methoxy groups -OCH3 is 1. The Morgan fingerprint density at radius 3 is 2.54 bits per heavy atom. The third kappa shape index (κ3) is 9.30. The van der Waals surface area contributed by atoms with Crippen molar-refractivity contribution in [2.24, 2.45) is 17.3 Å². The third-order valence-electron chi connectivity index (χ3n) is 10.8. The number of fused-ring (bicyclic) bond motifs is 5. The van der Waals surface area contributed by atoms with Crippen LogP contribution in [0.3, 0.4) is 0 Å². The molecular formula is C39H56ClN3O9. The molecule has 52 heavy (non-hydrogen) atoms. The molecule has 4 bridgehead atoms. The van der Waals surface area contributed by atoms with Gasteiger partial charge < -0.3 is 33.9 Å². The number of allylic oxidation sites excluding steroid dienone is 3. The molecule has 0 aliphatic carbocycles. The SMILES string of the molecule is COc1cc2cc(c1Cl)N(C)C(=O)C[C@H](OC(=O)[C@H](C)N(C)C(=O)CCC(C)(C)C)[C@]1(C)O[C@H]1[C@H](C)[C@@H]1C[C@@](O)(NC(=O)O1)[C@H](C)/C=C/C=C(\C)C2. The molecule has 13 heteroatoms. The maximum absolute atomic E-state index is 14.1. The number of carbonyl (C=O) groups is 4. The van der Waals surface area contributed by atoms with E-state index in [9.17, 15) is 24.3 Å². The highest BCUT2D eigenvalue weighted by Gasteiger charge is 2.64. The molecule has 1 aromatic rings. The van der Waals surface area contributed by atoms with Gasteiger partial charge in [-0.3, -0.25) is 14.9 Å². The van der Waals surface area contributed by atoms with E-state index in [-0.39, 0.29) is 35.6 Å². The van der Waals surface area contributed by atoms with Crippen LogP contribution in [0.15, 0.2) is 35.9 Å². The largest absolute Gasteiger partial charge is 0.495 e. The third-order valence-corrected chi connectivity index (χ3v) is 11.1.